The molecule has 1 saturated heterocycles. The quantitative estimate of drug-likeness (QED) is 0.731. The number of nitrogens with one attached hydrogen (secondary N) is 1. The van der Waals surface area contributed by atoms with Gasteiger partial charge < -0.3 is 33.7 Å². The number of hydrogen-bond acceptors (Lipinski definition) is 7. The fraction of sp³-hybridized carbons (Fsp3) is 0.381. The lowest BCUT2D eigenvalue weighted by Crippen LogP contribution is -2.41. The maximum atomic E-state index is 12.9. The van der Waals surface area contributed by atoms with Gasteiger partial charge in [-0.3, -0.25) is 14.4 Å². The maximum absolute atomic E-state index is 12.9. The van der Waals surface area contributed by atoms with Crippen LogP contribution in [0.1, 0.15) is 20.7 Å². The SMILES string of the molecule is COc1cc(C(=O)Nc2cc(C(=O)N3CCOCC3)cn(C)c2=O)cc(OC)c1OC. The Labute approximate surface area is 179 Å². The Morgan fingerprint density at radius 2 is 1.58 bits per heavy atom. The minimum atomic E-state index is -0.563. The van der Waals surface area contributed by atoms with Crippen molar-refractivity contribution in [1.82, 2.24) is 9.47 Å². The number of ether oxygens (including phenoxy) is 4. The number of aryl methyl sites for hydroxylation is 1. The molecule has 0 radical (unpaired) electrons. The average Bonchev–Trinajstić information content (AvgIpc) is 2.80. The van der Waals surface area contributed by atoms with Crippen LogP contribution < -0.4 is 25.1 Å². The van der Waals surface area contributed by atoms with Gasteiger partial charge in [-0.1, -0.05) is 0 Å². The van der Waals surface area contributed by atoms with Gasteiger partial charge in [-0.05, 0) is 18.2 Å². The number of rotatable bonds is 6. The molecule has 2 amide bonds. The van der Waals surface area contributed by atoms with E-state index in [1.54, 1.807) is 4.90 Å². The number of benzene rings is 1. The van der Waals surface area contributed by atoms with Crippen LogP contribution in [-0.4, -0.2) is 68.9 Å². The largest absolute Gasteiger partial charge is 0.493 e. The smallest absolute Gasteiger partial charge is 0.274 e. The summed E-state index contributed by atoms with van der Waals surface area (Å²) in [6, 6.07) is 4.34. The molecular formula is C21H25N3O7. The zero-order chi connectivity index (χ0) is 22.5. The van der Waals surface area contributed by atoms with E-state index < -0.39 is 11.5 Å². The first kappa shape index (κ1) is 22.2. The summed E-state index contributed by atoms with van der Waals surface area (Å²) in [6.07, 6.45) is 1.45. The first-order chi connectivity index (χ1) is 14.9. The van der Waals surface area contributed by atoms with E-state index in [9.17, 15) is 14.4 Å². The second kappa shape index (κ2) is 9.52. The van der Waals surface area contributed by atoms with Gasteiger partial charge in [-0.2, -0.15) is 0 Å². The third-order valence-electron chi connectivity index (χ3n) is 4.90. The standard InChI is InChI=1S/C21H25N3O7/c1-23-12-14(20(26)24-5-7-31-8-6-24)9-15(21(23)27)22-19(25)13-10-16(28-2)18(30-4)17(11-13)29-3/h9-12H,5-8H2,1-4H3,(H,22,25). The van der Waals surface area contributed by atoms with Crippen molar-refractivity contribution in [2.45, 2.75) is 0 Å². The van der Waals surface area contributed by atoms with E-state index in [4.69, 9.17) is 18.9 Å². The number of pyridine rings is 1. The molecule has 1 aliphatic heterocycles. The summed E-state index contributed by atoms with van der Waals surface area (Å²) < 4.78 is 22.3. The lowest BCUT2D eigenvalue weighted by atomic mass is 10.1. The van der Waals surface area contributed by atoms with Crippen LogP contribution in [0.15, 0.2) is 29.2 Å². The highest BCUT2D eigenvalue weighted by molar-refractivity contribution is 6.05. The normalized spacial score (nSPS) is 13.5. The highest BCUT2D eigenvalue weighted by Gasteiger charge is 2.22. The zero-order valence-electron chi connectivity index (χ0n) is 17.9. The molecule has 1 aromatic heterocycles. The van der Waals surface area contributed by atoms with E-state index in [1.165, 1.54) is 57.3 Å². The van der Waals surface area contributed by atoms with Crippen molar-refractivity contribution in [3.05, 3.63) is 45.9 Å². The number of methoxy groups -OCH3 is 3. The van der Waals surface area contributed by atoms with Crippen molar-refractivity contribution in [3.63, 3.8) is 0 Å². The van der Waals surface area contributed by atoms with Gasteiger partial charge in [0, 0.05) is 31.9 Å². The van der Waals surface area contributed by atoms with Crippen molar-refractivity contribution in [3.8, 4) is 17.2 Å². The molecule has 0 atom stereocenters. The van der Waals surface area contributed by atoms with E-state index in [1.807, 2.05) is 0 Å². The lowest BCUT2D eigenvalue weighted by molar-refractivity contribution is 0.0302. The number of anilines is 1. The van der Waals surface area contributed by atoms with Crippen LogP contribution in [0.4, 0.5) is 5.69 Å². The highest BCUT2D eigenvalue weighted by Crippen LogP contribution is 2.38. The first-order valence-electron chi connectivity index (χ1n) is 9.58. The molecular weight excluding hydrogens is 406 g/mol. The molecule has 0 aliphatic carbocycles. The highest BCUT2D eigenvalue weighted by atomic mass is 16.5. The Kier molecular flexibility index (Phi) is 6.81. The van der Waals surface area contributed by atoms with E-state index in [-0.39, 0.29) is 17.2 Å². The van der Waals surface area contributed by atoms with Crippen molar-refractivity contribution in [2.24, 2.45) is 7.05 Å². The van der Waals surface area contributed by atoms with Gasteiger partial charge in [0.05, 0.1) is 40.1 Å². The van der Waals surface area contributed by atoms with Crippen molar-refractivity contribution in [1.29, 1.82) is 0 Å². The molecule has 10 heteroatoms. The Balaban J connectivity index is 1.91. The Hall–Kier alpha value is -3.53. The maximum Gasteiger partial charge on any atom is 0.274 e. The molecule has 166 valence electrons. The molecule has 1 aromatic carbocycles. The second-order valence-corrected chi connectivity index (χ2v) is 6.83. The van der Waals surface area contributed by atoms with Crippen molar-refractivity contribution in [2.75, 3.05) is 52.9 Å². The molecule has 2 heterocycles. The Bertz CT molecular complexity index is 1020. The van der Waals surface area contributed by atoms with Crippen LogP contribution in [0.2, 0.25) is 0 Å². The summed E-state index contributed by atoms with van der Waals surface area (Å²) in [5.41, 5.74) is 0.0327. The second-order valence-electron chi connectivity index (χ2n) is 6.83. The summed E-state index contributed by atoms with van der Waals surface area (Å²) >= 11 is 0. The molecule has 3 rings (SSSR count). The number of amides is 2. The van der Waals surface area contributed by atoms with Crippen molar-refractivity contribution >= 4 is 17.5 Å². The number of nitrogens with zero attached hydrogens (tertiary/aromatic N) is 2. The molecule has 0 bridgehead atoms. The van der Waals surface area contributed by atoms with Crippen LogP contribution in [0, 0.1) is 0 Å². The third kappa shape index (κ3) is 4.64. The van der Waals surface area contributed by atoms with Gasteiger partial charge >= 0.3 is 0 Å². The fourth-order valence-electron chi connectivity index (χ4n) is 3.27. The van der Waals surface area contributed by atoms with Gasteiger partial charge in [0.2, 0.25) is 5.75 Å². The number of hydrogen-bond donors (Lipinski definition) is 1. The van der Waals surface area contributed by atoms with E-state index in [2.05, 4.69) is 5.32 Å². The van der Waals surface area contributed by atoms with Crippen LogP contribution in [0.3, 0.4) is 0 Å². The summed E-state index contributed by atoms with van der Waals surface area (Å²) in [5.74, 6) is 0.150. The van der Waals surface area contributed by atoms with E-state index in [0.717, 1.165) is 0 Å². The fourth-order valence-corrected chi connectivity index (χ4v) is 3.27. The molecule has 1 fully saturated rings. The van der Waals surface area contributed by atoms with Gasteiger partial charge in [0.25, 0.3) is 17.4 Å². The third-order valence-corrected chi connectivity index (χ3v) is 4.90. The lowest BCUT2D eigenvalue weighted by Gasteiger charge is -2.27. The molecule has 2 aromatic rings. The monoisotopic (exact) mass is 431 g/mol. The Morgan fingerprint density at radius 3 is 2.13 bits per heavy atom. The number of aromatic nitrogens is 1. The topological polar surface area (TPSA) is 108 Å². The van der Waals surface area contributed by atoms with Gasteiger partial charge in [0.1, 0.15) is 5.69 Å². The van der Waals surface area contributed by atoms with Gasteiger partial charge in [0.15, 0.2) is 11.5 Å². The predicted octanol–water partition coefficient (Wildman–Crippen LogP) is 1.14. The van der Waals surface area contributed by atoms with E-state index >= 15 is 0 Å². The molecule has 10 nitrogen and oxygen atoms in total. The summed E-state index contributed by atoms with van der Waals surface area (Å²) in [4.78, 5) is 39.9. The average molecular weight is 431 g/mol. The Morgan fingerprint density at radius 1 is 0.968 bits per heavy atom. The van der Waals surface area contributed by atoms with Crippen LogP contribution >= 0.6 is 0 Å². The number of morpholine rings is 1. The first-order valence-corrected chi connectivity index (χ1v) is 9.58. The molecule has 1 N–H and O–H groups in total. The molecule has 0 spiro atoms. The summed E-state index contributed by atoms with van der Waals surface area (Å²) in [5, 5.41) is 2.59. The van der Waals surface area contributed by atoms with Gasteiger partial charge in [-0.25, -0.2) is 0 Å². The molecule has 31 heavy (non-hydrogen) atoms. The number of carbonyl (C=O) groups excluding carboxylic acids is 2. The van der Waals surface area contributed by atoms with E-state index in [0.29, 0.717) is 49.1 Å². The zero-order valence-corrected chi connectivity index (χ0v) is 17.9. The number of carbonyl (C=O) groups is 2. The minimum absolute atomic E-state index is 0.0136. The van der Waals surface area contributed by atoms with Gasteiger partial charge in [-0.15, -0.1) is 0 Å². The summed E-state index contributed by atoms with van der Waals surface area (Å²) in [7, 11) is 5.86. The molecule has 1 aliphatic rings. The van der Waals surface area contributed by atoms with Crippen molar-refractivity contribution < 1.29 is 28.5 Å². The van der Waals surface area contributed by atoms with Crippen LogP contribution in [0.5, 0.6) is 17.2 Å². The molecule has 0 unspecified atom stereocenters. The summed E-state index contributed by atoms with van der Waals surface area (Å²) in [6.45, 7) is 1.86. The minimum Gasteiger partial charge on any atom is -0.493 e. The molecule has 0 saturated carbocycles. The van der Waals surface area contributed by atoms with Crippen LogP contribution in [-0.2, 0) is 11.8 Å². The van der Waals surface area contributed by atoms with Crippen LogP contribution in [0.25, 0.3) is 0 Å². The predicted molar refractivity (Wildman–Crippen MR) is 112 cm³/mol.